The summed E-state index contributed by atoms with van der Waals surface area (Å²) in [5.74, 6) is -0.941. The Labute approximate surface area is 164 Å². The molecule has 1 aliphatic heterocycles. The molecule has 3 aliphatic rings. The van der Waals surface area contributed by atoms with Crippen LogP contribution in [-0.2, 0) is 26.2 Å². The van der Waals surface area contributed by atoms with Gasteiger partial charge in [0.25, 0.3) is 0 Å². The number of rotatable bonds is 1. The Kier molecular flexibility index (Phi) is 3.70. The Bertz CT molecular complexity index is 855. The molecule has 4 rings (SSSR count). The predicted octanol–water partition coefficient (Wildman–Crippen LogP) is 4.84. The fourth-order valence-electron chi connectivity index (χ4n) is 4.95. The normalized spacial score (nSPS) is 34.6. The zero-order valence-corrected chi connectivity index (χ0v) is 17.8. The van der Waals surface area contributed by atoms with E-state index in [0.29, 0.717) is 0 Å². The van der Waals surface area contributed by atoms with Gasteiger partial charge in [-0.1, -0.05) is 65.6 Å². The van der Waals surface area contributed by atoms with Crippen LogP contribution in [0.4, 0.5) is 0 Å². The van der Waals surface area contributed by atoms with Crippen molar-refractivity contribution in [1.82, 2.24) is 0 Å². The second kappa shape index (κ2) is 5.29. The second-order valence-corrected chi connectivity index (χ2v) is 9.62. The van der Waals surface area contributed by atoms with Gasteiger partial charge in [0.15, 0.2) is 11.9 Å². The average molecular weight is 468 g/mol. The van der Waals surface area contributed by atoms with Crippen LogP contribution in [0.2, 0.25) is 0 Å². The maximum absolute atomic E-state index is 12.8. The van der Waals surface area contributed by atoms with Gasteiger partial charge in [0.1, 0.15) is 0 Å². The molecule has 5 heteroatoms. The molecule has 1 heterocycles. The lowest BCUT2D eigenvalue weighted by molar-refractivity contribution is -0.150. The molecule has 1 fully saturated rings. The van der Waals surface area contributed by atoms with Crippen LogP contribution in [0.5, 0.6) is 0 Å². The lowest BCUT2D eigenvalue weighted by Gasteiger charge is -2.52. The number of ketones is 1. The summed E-state index contributed by atoms with van der Waals surface area (Å²) in [5, 5.41) is 0. The van der Waals surface area contributed by atoms with Gasteiger partial charge in [-0.15, -0.1) is 0 Å². The van der Waals surface area contributed by atoms with Crippen molar-refractivity contribution in [3.05, 3.63) is 43.9 Å². The molecule has 132 valence electrons. The summed E-state index contributed by atoms with van der Waals surface area (Å²) in [6, 6.07) is 2.18. The van der Waals surface area contributed by atoms with Gasteiger partial charge in [-0.05, 0) is 40.7 Å². The largest absolute Gasteiger partial charge is 0.453 e. The summed E-state index contributed by atoms with van der Waals surface area (Å²) < 4.78 is 7.66. The molecule has 3 nitrogen and oxygen atoms in total. The van der Waals surface area contributed by atoms with Crippen molar-refractivity contribution in [3.8, 4) is 0 Å². The Morgan fingerprint density at radius 1 is 1.20 bits per heavy atom. The minimum atomic E-state index is -0.715. The highest BCUT2D eigenvalue weighted by molar-refractivity contribution is 9.11. The minimum Gasteiger partial charge on any atom is -0.453 e. The quantitative estimate of drug-likeness (QED) is 0.555. The average Bonchev–Trinajstić information content (AvgIpc) is 2.84. The highest BCUT2D eigenvalue weighted by atomic mass is 79.9. The van der Waals surface area contributed by atoms with Gasteiger partial charge >= 0.3 is 5.97 Å². The Balaban J connectivity index is 2.14. The number of halogens is 2. The van der Waals surface area contributed by atoms with E-state index in [-0.39, 0.29) is 29.0 Å². The first-order chi connectivity index (χ1) is 11.6. The second-order valence-electron chi connectivity index (χ2n) is 7.97. The molecule has 0 aromatic heterocycles. The number of hydrogen-bond donors (Lipinski definition) is 0. The first-order valence-electron chi connectivity index (χ1n) is 8.60. The van der Waals surface area contributed by atoms with Gasteiger partial charge < -0.3 is 4.74 Å². The number of hydrogen-bond acceptors (Lipinski definition) is 3. The van der Waals surface area contributed by atoms with Gasteiger partial charge in [0, 0.05) is 20.3 Å². The molecular weight excluding hydrogens is 448 g/mol. The van der Waals surface area contributed by atoms with Crippen molar-refractivity contribution < 1.29 is 14.3 Å². The SMILES string of the molecule is CCc1c(Br)cc2c(c1Br)[C@H]1[C@@H]3OC(=O)[C@H]1[C@@](C)(C=CC3=O)C2(C)C. The van der Waals surface area contributed by atoms with E-state index in [2.05, 4.69) is 65.6 Å². The highest BCUT2D eigenvalue weighted by Crippen LogP contribution is 2.64. The number of fused-ring (bicyclic) bond motifs is 1. The maximum atomic E-state index is 12.8. The molecule has 2 aliphatic carbocycles. The first kappa shape index (κ1) is 17.5. The standard InChI is InChI=1S/C20H20Br2O3/c1-5-9-11(21)8-10-13(16(9)22)14-15-18(24)25-17(14)12(23)6-7-20(15,4)19(10,2)3/h6-8,14-15,17H,5H2,1-4H3/t14-,15+,17-,20-/m1/s1. The third-order valence-corrected chi connectivity index (χ3v) is 8.37. The monoisotopic (exact) mass is 466 g/mol. The van der Waals surface area contributed by atoms with E-state index in [1.54, 1.807) is 6.08 Å². The van der Waals surface area contributed by atoms with E-state index >= 15 is 0 Å². The van der Waals surface area contributed by atoms with Crippen molar-refractivity contribution >= 4 is 43.6 Å². The van der Waals surface area contributed by atoms with Gasteiger partial charge in [-0.3, -0.25) is 9.59 Å². The highest BCUT2D eigenvalue weighted by Gasteiger charge is 2.65. The fourth-order valence-corrected chi connectivity index (χ4v) is 6.89. The van der Waals surface area contributed by atoms with Gasteiger partial charge in [0.05, 0.1) is 5.92 Å². The molecule has 0 spiro atoms. The first-order valence-corrected chi connectivity index (χ1v) is 10.2. The zero-order valence-electron chi connectivity index (χ0n) is 14.7. The molecule has 0 amide bonds. The molecular formula is C20H20Br2O3. The summed E-state index contributed by atoms with van der Waals surface area (Å²) in [6.07, 6.45) is 3.72. The lowest BCUT2D eigenvalue weighted by Crippen LogP contribution is -2.51. The van der Waals surface area contributed by atoms with Crippen molar-refractivity contribution in [2.45, 2.75) is 51.6 Å². The number of benzene rings is 1. The minimum absolute atomic E-state index is 0.110. The molecule has 0 radical (unpaired) electrons. The smallest absolute Gasteiger partial charge is 0.311 e. The zero-order chi connectivity index (χ0) is 18.3. The number of carbonyl (C=O) groups excluding carboxylic acids is 2. The summed E-state index contributed by atoms with van der Waals surface area (Å²) in [7, 11) is 0. The fraction of sp³-hybridized carbons (Fsp3) is 0.500. The van der Waals surface area contributed by atoms with Crippen LogP contribution in [0.3, 0.4) is 0 Å². The molecule has 1 aromatic rings. The Morgan fingerprint density at radius 2 is 1.88 bits per heavy atom. The van der Waals surface area contributed by atoms with Crippen LogP contribution in [0.1, 0.15) is 50.3 Å². The van der Waals surface area contributed by atoms with E-state index in [0.717, 1.165) is 26.5 Å². The number of allylic oxidation sites excluding steroid dienone is 1. The molecule has 25 heavy (non-hydrogen) atoms. The molecule has 0 unspecified atom stereocenters. The molecule has 1 saturated heterocycles. The van der Waals surface area contributed by atoms with Crippen LogP contribution in [0.25, 0.3) is 0 Å². The summed E-state index contributed by atoms with van der Waals surface area (Å²) in [4.78, 5) is 25.4. The Morgan fingerprint density at radius 3 is 2.52 bits per heavy atom. The summed E-state index contributed by atoms with van der Waals surface area (Å²) in [5.41, 5.74) is 2.61. The molecule has 1 aromatic carbocycles. The van der Waals surface area contributed by atoms with Crippen molar-refractivity contribution in [3.63, 3.8) is 0 Å². The molecule has 0 N–H and O–H groups in total. The third kappa shape index (κ3) is 1.97. The number of carbonyl (C=O) groups is 2. The van der Waals surface area contributed by atoms with E-state index in [9.17, 15) is 9.59 Å². The topological polar surface area (TPSA) is 43.4 Å². The summed E-state index contributed by atoms with van der Waals surface area (Å²) in [6.45, 7) is 8.51. The van der Waals surface area contributed by atoms with Gasteiger partial charge in [-0.2, -0.15) is 0 Å². The maximum Gasteiger partial charge on any atom is 0.311 e. The van der Waals surface area contributed by atoms with E-state index < -0.39 is 11.5 Å². The van der Waals surface area contributed by atoms with Crippen LogP contribution in [0.15, 0.2) is 27.2 Å². The predicted molar refractivity (Wildman–Crippen MR) is 103 cm³/mol. The van der Waals surface area contributed by atoms with Crippen LogP contribution < -0.4 is 0 Å². The van der Waals surface area contributed by atoms with E-state index in [4.69, 9.17) is 4.74 Å². The Hall–Kier alpha value is -0.940. The van der Waals surface area contributed by atoms with Crippen LogP contribution in [-0.4, -0.2) is 17.9 Å². The van der Waals surface area contributed by atoms with Crippen molar-refractivity contribution in [1.29, 1.82) is 0 Å². The third-order valence-electron chi connectivity index (χ3n) is 6.76. The molecule has 4 bridgehead atoms. The number of ether oxygens (including phenoxy) is 1. The lowest BCUT2D eigenvalue weighted by atomic mass is 9.49. The van der Waals surface area contributed by atoms with Crippen LogP contribution in [0, 0.1) is 11.3 Å². The summed E-state index contributed by atoms with van der Waals surface area (Å²) >= 11 is 7.50. The van der Waals surface area contributed by atoms with Crippen molar-refractivity contribution in [2.75, 3.05) is 0 Å². The number of esters is 1. The molecule has 4 atom stereocenters. The molecule has 0 saturated carbocycles. The van der Waals surface area contributed by atoms with E-state index in [1.807, 2.05) is 6.08 Å². The van der Waals surface area contributed by atoms with Crippen LogP contribution >= 0.6 is 31.9 Å². The van der Waals surface area contributed by atoms with E-state index in [1.165, 1.54) is 5.56 Å². The van der Waals surface area contributed by atoms with Gasteiger partial charge in [0.2, 0.25) is 0 Å². The van der Waals surface area contributed by atoms with Gasteiger partial charge in [-0.25, -0.2) is 0 Å². The van der Waals surface area contributed by atoms with Crippen molar-refractivity contribution in [2.24, 2.45) is 11.3 Å².